The van der Waals surface area contributed by atoms with Gasteiger partial charge in [0.15, 0.2) is 0 Å². The number of fused-ring (bicyclic) bond motifs is 1. The van der Waals surface area contributed by atoms with E-state index in [0.717, 1.165) is 31.6 Å². The van der Waals surface area contributed by atoms with Crippen LogP contribution < -0.4 is 4.74 Å². The molecule has 0 aromatic heterocycles. The van der Waals surface area contributed by atoms with Gasteiger partial charge in [0, 0.05) is 13.0 Å². The Morgan fingerprint density at radius 3 is 3.05 bits per heavy atom. The highest BCUT2D eigenvalue weighted by atomic mass is 16.5. The van der Waals surface area contributed by atoms with Gasteiger partial charge < -0.3 is 9.64 Å². The predicted octanol–water partition coefficient (Wildman–Crippen LogP) is 2.73. The second kappa shape index (κ2) is 4.00. The van der Waals surface area contributed by atoms with Gasteiger partial charge in [-0.2, -0.15) is 0 Å². The van der Waals surface area contributed by atoms with Crippen LogP contribution in [0.15, 0.2) is 18.2 Å². The first-order valence-corrected chi connectivity index (χ1v) is 7.63. The van der Waals surface area contributed by atoms with Gasteiger partial charge in [-0.25, -0.2) is 0 Å². The first kappa shape index (κ1) is 12.2. The van der Waals surface area contributed by atoms with E-state index in [2.05, 4.69) is 30.0 Å². The van der Waals surface area contributed by atoms with Crippen LogP contribution in [0.1, 0.15) is 37.3 Å². The molecule has 2 fully saturated rings. The highest BCUT2D eigenvalue weighted by Crippen LogP contribution is 2.58. The summed E-state index contributed by atoms with van der Waals surface area (Å²) in [5.41, 5.74) is 2.77. The van der Waals surface area contributed by atoms with E-state index in [-0.39, 0.29) is 5.54 Å². The van der Waals surface area contributed by atoms with Crippen molar-refractivity contribution < 1.29 is 9.53 Å². The van der Waals surface area contributed by atoms with Gasteiger partial charge in [0.2, 0.25) is 5.91 Å². The predicted molar refractivity (Wildman–Crippen MR) is 76.6 cm³/mol. The Labute approximate surface area is 119 Å². The molecule has 1 saturated heterocycles. The normalized spacial score (nSPS) is 34.7. The van der Waals surface area contributed by atoms with Crippen LogP contribution in [0.5, 0.6) is 5.75 Å². The van der Waals surface area contributed by atoms with E-state index in [0.29, 0.717) is 17.7 Å². The van der Waals surface area contributed by atoms with Crippen LogP contribution in [0.3, 0.4) is 0 Å². The molecule has 1 amide bonds. The van der Waals surface area contributed by atoms with Crippen LogP contribution in [0.4, 0.5) is 0 Å². The molecule has 1 spiro atoms. The quantitative estimate of drug-likeness (QED) is 0.786. The van der Waals surface area contributed by atoms with Crippen molar-refractivity contribution in [1.82, 2.24) is 4.90 Å². The van der Waals surface area contributed by atoms with Crippen molar-refractivity contribution in [3.05, 3.63) is 29.3 Å². The molecule has 20 heavy (non-hydrogen) atoms. The molecule has 2 aliphatic heterocycles. The maximum atomic E-state index is 12.4. The molecule has 3 aliphatic rings. The molecule has 3 atom stereocenters. The molecule has 0 N–H and O–H groups in total. The lowest BCUT2D eigenvalue weighted by atomic mass is 9.76. The maximum absolute atomic E-state index is 12.4. The fraction of sp³-hybridized carbons (Fsp3) is 0.588. The highest BCUT2D eigenvalue weighted by molar-refractivity contribution is 5.82. The minimum atomic E-state index is -0.00362. The monoisotopic (exact) mass is 271 g/mol. The van der Waals surface area contributed by atoms with Gasteiger partial charge in [-0.1, -0.05) is 13.0 Å². The molecule has 3 heteroatoms. The van der Waals surface area contributed by atoms with E-state index in [1.165, 1.54) is 17.5 Å². The van der Waals surface area contributed by atoms with Crippen LogP contribution in [-0.2, 0) is 16.8 Å². The summed E-state index contributed by atoms with van der Waals surface area (Å²) >= 11 is 0. The molecule has 2 heterocycles. The Hall–Kier alpha value is -1.51. The van der Waals surface area contributed by atoms with Crippen LogP contribution in [0, 0.1) is 11.8 Å². The molecular weight excluding hydrogens is 250 g/mol. The van der Waals surface area contributed by atoms with Crippen LogP contribution in [-0.4, -0.2) is 24.5 Å². The average molecular weight is 271 g/mol. The molecule has 3 nitrogen and oxygen atoms in total. The molecule has 1 aliphatic carbocycles. The summed E-state index contributed by atoms with van der Waals surface area (Å²) in [6.45, 7) is 3.20. The number of nitrogens with zero attached hydrogens (tertiary/aromatic N) is 1. The second-order valence-corrected chi connectivity index (χ2v) is 6.69. The molecule has 0 radical (unpaired) electrons. The number of methoxy groups -OCH3 is 1. The molecule has 106 valence electrons. The van der Waals surface area contributed by atoms with Crippen molar-refractivity contribution in [1.29, 1.82) is 0 Å². The number of benzene rings is 1. The summed E-state index contributed by atoms with van der Waals surface area (Å²) in [4.78, 5) is 14.5. The molecule has 1 aromatic carbocycles. The molecule has 0 bridgehead atoms. The van der Waals surface area contributed by atoms with E-state index >= 15 is 0 Å². The third-order valence-electron chi connectivity index (χ3n) is 5.61. The third-order valence-corrected chi connectivity index (χ3v) is 5.61. The van der Waals surface area contributed by atoms with Crippen molar-refractivity contribution in [2.45, 2.75) is 38.1 Å². The van der Waals surface area contributed by atoms with E-state index in [1.54, 1.807) is 7.11 Å². The van der Waals surface area contributed by atoms with Crippen LogP contribution in [0.25, 0.3) is 0 Å². The fourth-order valence-electron chi connectivity index (χ4n) is 4.95. The average Bonchev–Trinajstić information content (AvgIpc) is 2.88. The summed E-state index contributed by atoms with van der Waals surface area (Å²) in [7, 11) is 1.72. The lowest BCUT2D eigenvalue weighted by molar-refractivity contribution is -0.132. The first-order valence-electron chi connectivity index (χ1n) is 7.63. The van der Waals surface area contributed by atoms with Gasteiger partial charge in [0.05, 0.1) is 12.6 Å². The zero-order valence-electron chi connectivity index (χ0n) is 12.2. The zero-order valence-corrected chi connectivity index (χ0v) is 12.2. The van der Waals surface area contributed by atoms with Crippen LogP contribution in [0.2, 0.25) is 0 Å². The van der Waals surface area contributed by atoms with E-state index < -0.39 is 0 Å². The largest absolute Gasteiger partial charge is 0.497 e. The van der Waals surface area contributed by atoms with Crippen molar-refractivity contribution in [2.24, 2.45) is 11.8 Å². The summed E-state index contributed by atoms with van der Waals surface area (Å²) in [6, 6.07) is 6.44. The Morgan fingerprint density at radius 2 is 2.25 bits per heavy atom. The number of hydrogen-bond acceptors (Lipinski definition) is 2. The Balaban J connectivity index is 1.89. The van der Waals surface area contributed by atoms with Crippen molar-refractivity contribution in [3.8, 4) is 5.75 Å². The number of carbonyl (C=O) groups excluding carboxylic acids is 1. The molecule has 1 saturated carbocycles. The number of amides is 1. The maximum Gasteiger partial charge on any atom is 0.223 e. The van der Waals surface area contributed by atoms with E-state index in [4.69, 9.17) is 4.74 Å². The Morgan fingerprint density at radius 1 is 1.40 bits per heavy atom. The number of carbonyl (C=O) groups is 1. The second-order valence-electron chi connectivity index (χ2n) is 6.69. The number of ether oxygens (including phenoxy) is 1. The fourth-order valence-corrected chi connectivity index (χ4v) is 4.95. The van der Waals surface area contributed by atoms with Gasteiger partial charge >= 0.3 is 0 Å². The SMILES string of the molecule is COc1ccc2c(c1)CCN1C(=O)CC3C[C@@H](C)C[C@]231. The Bertz CT molecular complexity index is 582. The van der Waals surface area contributed by atoms with Gasteiger partial charge in [-0.15, -0.1) is 0 Å². The summed E-state index contributed by atoms with van der Waals surface area (Å²) in [5, 5.41) is 0. The first-order chi connectivity index (χ1) is 9.65. The van der Waals surface area contributed by atoms with E-state index in [9.17, 15) is 4.79 Å². The standard InChI is InChI=1S/C17H21NO2/c1-11-7-13-9-16(19)18-6-5-12-8-14(20-2)3-4-15(12)17(13,18)10-11/h3-4,8,11,13H,5-7,9-10H2,1-2H3/t11-,13?,17-/m1/s1. The van der Waals surface area contributed by atoms with Crippen LogP contribution >= 0.6 is 0 Å². The lowest BCUT2D eigenvalue weighted by Crippen LogP contribution is -2.49. The third kappa shape index (κ3) is 1.38. The van der Waals surface area contributed by atoms with Gasteiger partial charge in [-0.3, -0.25) is 4.79 Å². The van der Waals surface area contributed by atoms with Crippen molar-refractivity contribution >= 4 is 5.91 Å². The summed E-state index contributed by atoms with van der Waals surface area (Å²) in [5.74, 6) is 2.52. The van der Waals surface area contributed by atoms with E-state index in [1.807, 2.05) is 0 Å². The van der Waals surface area contributed by atoms with Gasteiger partial charge in [0.25, 0.3) is 0 Å². The number of rotatable bonds is 1. The van der Waals surface area contributed by atoms with Crippen molar-refractivity contribution in [2.75, 3.05) is 13.7 Å². The minimum Gasteiger partial charge on any atom is -0.497 e. The number of hydrogen-bond donors (Lipinski definition) is 0. The highest BCUT2D eigenvalue weighted by Gasteiger charge is 2.59. The topological polar surface area (TPSA) is 29.5 Å². The molecular formula is C17H21NO2. The molecule has 1 unspecified atom stereocenters. The lowest BCUT2D eigenvalue weighted by Gasteiger charge is -2.44. The van der Waals surface area contributed by atoms with Gasteiger partial charge in [-0.05, 0) is 54.4 Å². The molecule has 1 aromatic rings. The van der Waals surface area contributed by atoms with Gasteiger partial charge in [0.1, 0.15) is 5.75 Å². The summed E-state index contributed by atoms with van der Waals surface area (Å²) in [6.07, 6.45) is 4.02. The minimum absolute atomic E-state index is 0.00362. The smallest absolute Gasteiger partial charge is 0.223 e. The Kier molecular flexibility index (Phi) is 2.45. The zero-order chi connectivity index (χ0) is 13.9. The summed E-state index contributed by atoms with van der Waals surface area (Å²) < 4.78 is 5.36. The van der Waals surface area contributed by atoms with Crippen molar-refractivity contribution in [3.63, 3.8) is 0 Å². The molecule has 4 rings (SSSR count).